The van der Waals surface area contributed by atoms with Crippen LogP contribution in [0.4, 0.5) is 14.6 Å². The van der Waals surface area contributed by atoms with E-state index in [1.54, 1.807) is 6.92 Å². The third kappa shape index (κ3) is 4.85. The van der Waals surface area contributed by atoms with Crippen LogP contribution in [0.3, 0.4) is 0 Å². The average Bonchev–Trinajstić information content (AvgIpc) is 3.19. The molecule has 0 atom stereocenters. The fourth-order valence-corrected chi connectivity index (χ4v) is 4.35. The summed E-state index contributed by atoms with van der Waals surface area (Å²) in [6.45, 7) is 0.175. The molecule has 0 spiro atoms. The zero-order chi connectivity index (χ0) is 24.9. The maximum atomic E-state index is 15.1. The second kappa shape index (κ2) is 10.3. The first kappa shape index (κ1) is 24.7. The molecule has 3 rings (SSSR count). The van der Waals surface area contributed by atoms with E-state index >= 15 is 4.39 Å². The van der Waals surface area contributed by atoms with Crippen molar-refractivity contribution in [1.29, 1.82) is 5.41 Å². The van der Waals surface area contributed by atoms with Crippen molar-refractivity contribution in [1.82, 2.24) is 15.5 Å². The lowest BCUT2D eigenvalue weighted by molar-refractivity contribution is 0.186. The predicted molar refractivity (Wildman–Crippen MR) is 118 cm³/mol. The van der Waals surface area contributed by atoms with E-state index in [1.807, 2.05) is 0 Å². The highest BCUT2D eigenvalue weighted by molar-refractivity contribution is 7.93. The number of pyridine rings is 1. The molecule has 0 radical (unpaired) electrons. The van der Waals surface area contributed by atoms with Crippen molar-refractivity contribution >= 4 is 33.0 Å². The number of benzene rings is 1. The van der Waals surface area contributed by atoms with Gasteiger partial charge in [-0.3, -0.25) is 4.72 Å². The first-order valence-electron chi connectivity index (χ1n) is 9.58. The van der Waals surface area contributed by atoms with Crippen LogP contribution in [0, 0.1) is 18.2 Å². The molecule has 3 aromatic rings. The van der Waals surface area contributed by atoms with Gasteiger partial charge in [0.2, 0.25) is 12.7 Å². The van der Waals surface area contributed by atoms with E-state index in [2.05, 4.69) is 20.2 Å². The fraction of sp³-hybridized carbons (Fsp3) is 0.250. The third-order valence-corrected chi connectivity index (χ3v) is 5.86. The minimum absolute atomic E-state index is 0.0298. The molecule has 0 fully saturated rings. The molecule has 0 bridgehead atoms. The number of sulfonamides is 1. The summed E-state index contributed by atoms with van der Waals surface area (Å²) in [7, 11) is -1.94. The van der Waals surface area contributed by atoms with Crippen molar-refractivity contribution in [3.63, 3.8) is 0 Å². The van der Waals surface area contributed by atoms with E-state index in [-0.39, 0.29) is 34.7 Å². The summed E-state index contributed by atoms with van der Waals surface area (Å²) in [6.07, 6.45) is 3.80. The van der Waals surface area contributed by atoms with Crippen LogP contribution in [0.15, 0.2) is 33.8 Å². The van der Waals surface area contributed by atoms with Crippen molar-refractivity contribution in [2.75, 3.05) is 25.8 Å². The number of fused-ring (bicyclic) bond motifs is 1. The van der Waals surface area contributed by atoms with E-state index in [4.69, 9.17) is 24.1 Å². The minimum atomic E-state index is -4.45. The van der Waals surface area contributed by atoms with Crippen LogP contribution in [0.2, 0.25) is 0 Å². The molecular weight excluding hydrogens is 476 g/mol. The summed E-state index contributed by atoms with van der Waals surface area (Å²) in [5.74, 6) is -2.27. The zero-order valence-corrected chi connectivity index (χ0v) is 19.1. The van der Waals surface area contributed by atoms with Crippen LogP contribution in [-0.4, -0.2) is 45.9 Å². The number of hydrogen-bond donors (Lipinski definition) is 3. The molecule has 1 aromatic carbocycles. The standard InChI is InChI=1S/C20H21F2N5O6S/c1-11-7-14(30-2)18(20(25-11)31-3)34(28,29)27-19-15-13(33-26-19)8-12(9-24-6-4-5-23)16(22)17(15)32-10-21/h4-8,23-24H,9-10H2,1-3H3,(H,26,27)/b6-4-,23-5?. The van der Waals surface area contributed by atoms with E-state index < -0.39 is 39.2 Å². The number of ether oxygens (including phenoxy) is 3. The molecule has 0 aliphatic carbocycles. The summed E-state index contributed by atoms with van der Waals surface area (Å²) in [4.78, 5) is 3.62. The highest BCUT2D eigenvalue weighted by Crippen LogP contribution is 2.39. The first-order chi connectivity index (χ1) is 16.3. The lowest BCUT2D eigenvalue weighted by Crippen LogP contribution is -2.17. The summed E-state index contributed by atoms with van der Waals surface area (Å²) >= 11 is 0. The molecule has 2 heterocycles. The fourth-order valence-electron chi connectivity index (χ4n) is 3.09. The number of rotatable bonds is 11. The number of aryl methyl sites for hydroxylation is 1. The van der Waals surface area contributed by atoms with Gasteiger partial charge in [-0.15, -0.1) is 0 Å². The van der Waals surface area contributed by atoms with E-state index in [1.165, 1.54) is 38.6 Å². The van der Waals surface area contributed by atoms with Gasteiger partial charge in [-0.2, -0.15) is 0 Å². The van der Waals surface area contributed by atoms with Gasteiger partial charge < -0.3 is 29.5 Å². The van der Waals surface area contributed by atoms with Gasteiger partial charge in [0.25, 0.3) is 10.0 Å². The van der Waals surface area contributed by atoms with Crippen molar-refractivity contribution in [3.05, 3.63) is 41.5 Å². The van der Waals surface area contributed by atoms with Gasteiger partial charge in [0.15, 0.2) is 27.9 Å². The van der Waals surface area contributed by atoms with Crippen molar-refractivity contribution in [3.8, 4) is 17.4 Å². The monoisotopic (exact) mass is 497 g/mol. The Morgan fingerprint density at radius 2 is 2.03 bits per heavy atom. The van der Waals surface area contributed by atoms with Crippen LogP contribution in [0.5, 0.6) is 17.4 Å². The van der Waals surface area contributed by atoms with Crippen LogP contribution >= 0.6 is 0 Å². The molecular formula is C20H21F2N5O6S. The summed E-state index contributed by atoms with van der Waals surface area (Å²) in [6, 6.07) is 2.65. The predicted octanol–water partition coefficient (Wildman–Crippen LogP) is 3.05. The smallest absolute Gasteiger partial charge is 0.272 e. The van der Waals surface area contributed by atoms with Crippen molar-refractivity contribution in [2.45, 2.75) is 18.4 Å². The summed E-state index contributed by atoms with van der Waals surface area (Å²) < 4.78 is 77.0. The molecule has 0 saturated carbocycles. The lowest BCUT2D eigenvalue weighted by Gasteiger charge is -2.14. The maximum absolute atomic E-state index is 15.1. The molecule has 0 saturated heterocycles. The summed E-state index contributed by atoms with van der Waals surface area (Å²) in [5.41, 5.74) is 0.412. The van der Waals surface area contributed by atoms with E-state index in [0.717, 1.165) is 6.21 Å². The Morgan fingerprint density at radius 1 is 1.26 bits per heavy atom. The number of allylic oxidation sites excluding steroid dienone is 1. The second-order valence-electron chi connectivity index (χ2n) is 6.65. The topological polar surface area (TPSA) is 149 Å². The Bertz CT molecular complexity index is 1320. The van der Waals surface area contributed by atoms with Gasteiger partial charge >= 0.3 is 0 Å². The average molecular weight is 497 g/mol. The number of nitrogens with zero attached hydrogens (tertiary/aromatic N) is 2. The van der Waals surface area contributed by atoms with Gasteiger partial charge in [-0.25, -0.2) is 22.2 Å². The Kier molecular flexibility index (Phi) is 7.50. The number of anilines is 1. The van der Waals surface area contributed by atoms with Gasteiger partial charge in [-0.05, 0) is 25.3 Å². The lowest BCUT2D eigenvalue weighted by atomic mass is 10.1. The van der Waals surface area contributed by atoms with E-state index in [0.29, 0.717) is 5.69 Å². The van der Waals surface area contributed by atoms with Gasteiger partial charge in [0.1, 0.15) is 11.1 Å². The Hall–Kier alpha value is -3.94. The molecule has 0 aliphatic heterocycles. The van der Waals surface area contributed by atoms with Crippen LogP contribution in [0.25, 0.3) is 11.0 Å². The quantitative estimate of drug-likeness (QED) is 0.340. The Labute approximate surface area is 193 Å². The van der Waals surface area contributed by atoms with Crippen LogP contribution in [0.1, 0.15) is 11.3 Å². The van der Waals surface area contributed by atoms with Gasteiger partial charge in [0, 0.05) is 30.1 Å². The number of halogens is 2. The zero-order valence-electron chi connectivity index (χ0n) is 18.3. The van der Waals surface area contributed by atoms with E-state index in [9.17, 15) is 12.8 Å². The maximum Gasteiger partial charge on any atom is 0.272 e. The Morgan fingerprint density at radius 3 is 2.68 bits per heavy atom. The minimum Gasteiger partial charge on any atom is -0.495 e. The molecule has 0 unspecified atom stereocenters. The molecule has 0 aliphatic rings. The van der Waals surface area contributed by atoms with Crippen LogP contribution < -0.4 is 24.2 Å². The first-order valence-corrected chi connectivity index (χ1v) is 11.1. The molecule has 3 N–H and O–H groups in total. The number of alkyl halides is 1. The number of nitrogens with one attached hydrogen (secondary N) is 3. The number of aromatic nitrogens is 2. The summed E-state index contributed by atoms with van der Waals surface area (Å²) in [5, 5.41) is 13.1. The molecule has 11 nitrogen and oxygen atoms in total. The largest absolute Gasteiger partial charge is 0.495 e. The molecule has 14 heteroatoms. The van der Waals surface area contributed by atoms with Gasteiger partial charge in [0.05, 0.1) is 14.2 Å². The van der Waals surface area contributed by atoms with Gasteiger partial charge in [-0.1, -0.05) is 5.16 Å². The highest BCUT2D eigenvalue weighted by atomic mass is 32.2. The third-order valence-electron chi connectivity index (χ3n) is 4.48. The SMILES string of the molecule is COc1cc(C)nc(OC)c1S(=O)(=O)Nc1noc2cc(CN/C=C\C=N)c(F)c(OCF)c12. The number of hydrogen-bond acceptors (Lipinski definition) is 10. The highest BCUT2D eigenvalue weighted by Gasteiger charge is 2.30. The molecule has 34 heavy (non-hydrogen) atoms. The second-order valence-corrected chi connectivity index (χ2v) is 8.27. The molecule has 182 valence electrons. The Balaban J connectivity index is 2.10. The molecule has 2 aromatic heterocycles. The van der Waals surface area contributed by atoms with Crippen molar-refractivity contribution in [2.24, 2.45) is 0 Å². The molecule has 0 amide bonds. The number of methoxy groups -OCH3 is 2. The van der Waals surface area contributed by atoms with Crippen LogP contribution in [-0.2, 0) is 16.6 Å². The normalized spacial score (nSPS) is 11.6. The van der Waals surface area contributed by atoms with Crippen molar-refractivity contribution < 1.29 is 35.9 Å².